The summed E-state index contributed by atoms with van der Waals surface area (Å²) in [7, 11) is 3.21. The van der Waals surface area contributed by atoms with Gasteiger partial charge in [0.25, 0.3) is 5.91 Å². The Morgan fingerprint density at radius 1 is 1.17 bits per heavy atom. The van der Waals surface area contributed by atoms with Crippen LogP contribution < -0.4 is 14.8 Å². The maximum atomic E-state index is 12.8. The molecule has 8 heteroatoms. The standard InChI is InChI=1S/C22H27F2N3O3/c1-29-18-7-6-15(13-19(18)30-2)14-27-11-8-16(9-12-27)20(26-22(28)21(23)24)17-5-3-4-10-25-17/h3-7,10,13,16,20-21H,8-9,11-12,14H2,1-2H3,(H,26,28)/t20-/m1/s1. The minimum absolute atomic E-state index is 0.0456. The van der Waals surface area contributed by atoms with E-state index in [1.54, 1.807) is 38.6 Å². The highest BCUT2D eigenvalue weighted by atomic mass is 19.3. The number of rotatable bonds is 8. The van der Waals surface area contributed by atoms with Gasteiger partial charge >= 0.3 is 6.43 Å². The molecule has 1 aromatic carbocycles. The van der Waals surface area contributed by atoms with Crippen molar-refractivity contribution in [1.29, 1.82) is 0 Å². The van der Waals surface area contributed by atoms with E-state index >= 15 is 0 Å². The summed E-state index contributed by atoms with van der Waals surface area (Å²) in [5.41, 5.74) is 1.73. The first-order chi connectivity index (χ1) is 14.5. The molecule has 0 saturated carbocycles. The van der Waals surface area contributed by atoms with Crippen LogP contribution in [0.15, 0.2) is 42.6 Å². The van der Waals surface area contributed by atoms with Gasteiger partial charge in [0.1, 0.15) is 0 Å². The number of alkyl halides is 2. The Bertz CT molecular complexity index is 828. The number of hydrogen-bond acceptors (Lipinski definition) is 5. The van der Waals surface area contributed by atoms with Crippen LogP contribution in [0.3, 0.4) is 0 Å². The molecule has 162 valence electrons. The summed E-state index contributed by atoms with van der Waals surface area (Å²) in [5.74, 6) is 0.172. The van der Waals surface area contributed by atoms with Crippen LogP contribution in [0.25, 0.3) is 0 Å². The summed E-state index contributed by atoms with van der Waals surface area (Å²) in [5, 5.41) is 2.49. The Labute approximate surface area is 175 Å². The zero-order valence-electron chi connectivity index (χ0n) is 17.2. The van der Waals surface area contributed by atoms with Crippen molar-refractivity contribution < 1.29 is 23.0 Å². The average Bonchev–Trinajstić information content (AvgIpc) is 2.78. The van der Waals surface area contributed by atoms with Crippen LogP contribution in [0.1, 0.15) is 30.1 Å². The largest absolute Gasteiger partial charge is 0.493 e. The second-order valence-corrected chi connectivity index (χ2v) is 7.34. The minimum atomic E-state index is -3.04. The minimum Gasteiger partial charge on any atom is -0.493 e. The first-order valence-corrected chi connectivity index (χ1v) is 9.94. The number of carbonyl (C=O) groups excluding carboxylic acids is 1. The fourth-order valence-corrected chi connectivity index (χ4v) is 3.89. The summed E-state index contributed by atoms with van der Waals surface area (Å²) in [6.07, 6.45) is 0.125. The zero-order chi connectivity index (χ0) is 21.5. The van der Waals surface area contributed by atoms with E-state index in [9.17, 15) is 13.6 Å². The normalized spacial score (nSPS) is 16.3. The fourth-order valence-electron chi connectivity index (χ4n) is 3.89. The molecule has 0 aliphatic carbocycles. The molecule has 0 unspecified atom stereocenters. The third-order valence-corrected chi connectivity index (χ3v) is 5.46. The highest BCUT2D eigenvalue weighted by Gasteiger charge is 2.31. The Kier molecular flexibility index (Phi) is 7.57. The molecule has 1 aliphatic heterocycles. The van der Waals surface area contributed by atoms with E-state index < -0.39 is 18.4 Å². The Balaban J connectivity index is 1.64. The number of pyridine rings is 1. The number of ether oxygens (including phenoxy) is 2. The second kappa shape index (κ2) is 10.3. The molecule has 1 aliphatic rings. The number of nitrogens with one attached hydrogen (secondary N) is 1. The molecule has 3 rings (SSSR count). The van der Waals surface area contributed by atoms with E-state index in [4.69, 9.17) is 9.47 Å². The molecule has 6 nitrogen and oxygen atoms in total. The third-order valence-electron chi connectivity index (χ3n) is 5.46. The SMILES string of the molecule is COc1ccc(CN2CCC([C@@H](NC(=O)C(F)F)c3ccccn3)CC2)cc1OC. The predicted octanol–water partition coefficient (Wildman–Crippen LogP) is 3.43. The molecule has 0 bridgehead atoms. The molecule has 1 atom stereocenters. The van der Waals surface area contributed by atoms with Crippen LogP contribution in [0.2, 0.25) is 0 Å². The van der Waals surface area contributed by atoms with Crippen LogP contribution in [0.4, 0.5) is 8.78 Å². The third kappa shape index (κ3) is 5.44. The molecule has 0 radical (unpaired) electrons. The monoisotopic (exact) mass is 419 g/mol. The van der Waals surface area contributed by atoms with Gasteiger partial charge in [0, 0.05) is 12.7 Å². The number of amides is 1. The first kappa shape index (κ1) is 22.0. The van der Waals surface area contributed by atoms with Gasteiger partial charge in [-0.2, -0.15) is 8.78 Å². The average molecular weight is 419 g/mol. The van der Waals surface area contributed by atoms with Crippen molar-refractivity contribution >= 4 is 5.91 Å². The van der Waals surface area contributed by atoms with Gasteiger partial charge in [-0.3, -0.25) is 14.7 Å². The molecule has 0 spiro atoms. The van der Waals surface area contributed by atoms with Crippen molar-refractivity contribution in [2.45, 2.75) is 31.9 Å². The van der Waals surface area contributed by atoms with E-state index in [1.165, 1.54) is 0 Å². The maximum Gasteiger partial charge on any atom is 0.315 e. The number of methoxy groups -OCH3 is 2. The van der Waals surface area contributed by atoms with Crippen LogP contribution >= 0.6 is 0 Å². The molecule has 1 aromatic heterocycles. The molecule has 1 fully saturated rings. The molecule has 1 saturated heterocycles. The number of carbonyl (C=O) groups is 1. The van der Waals surface area contributed by atoms with Gasteiger partial charge in [0.15, 0.2) is 11.5 Å². The highest BCUT2D eigenvalue weighted by Crippen LogP contribution is 2.32. The number of likely N-dealkylation sites (tertiary alicyclic amines) is 1. The fraction of sp³-hybridized carbons (Fsp3) is 0.455. The summed E-state index contributed by atoms with van der Waals surface area (Å²) < 4.78 is 36.3. The zero-order valence-corrected chi connectivity index (χ0v) is 17.2. The Hall–Kier alpha value is -2.74. The summed E-state index contributed by atoms with van der Waals surface area (Å²) in [6.45, 7) is 2.35. The number of halogens is 2. The molecule has 1 amide bonds. The molecule has 2 heterocycles. The first-order valence-electron chi connectivity index (χ1n) is 9.94. The predicted molar refractivity (Wildman–Crippen MR) is 109 cm³/mol. The van der Waals surface area contributed by atoms with E-state index in [2.05, 4.69) is 15.2 Å². The quantitative estimate of drug-likeness (QED) is 0.710. The van der Waals surface area contributed by atoms with Crippen molar-refractivity contribution in [3.8, 4) is 11.5 Å². The topological polar surface area (TPSA) is 63.7 Å². The van der Waals surface area contributed by atoms with Gasteiger partial charge in [0.05, 0.1) is 26.0 Å². The van der Waals surface area contributed by atoms with Crippen molar-refractivity contribution in [2.24, 2.45) is 5.92 Å². The molecule has 1 N–H and O–H groups in total. The van der Waals surface area contributed by atoms with Crippen molar-refractivity contribution in [3.63, 3.8) is 0 Å². The van der Waals surface area contributed by atoms with E-state index in [-0.39, 0.29) is 5.92 Å². The van der Waals surface area contributed by atoms with Crippen molar-refractivity contribution in [3.05, 3.63) is 53.9 Å². The summed E-state index contributed by atoms with van der Waals surface area (Å²) >= 11 is 0. The molecular formula is C22H27F2N3O3. The van der Waals surface area contributed by atoms with Crippen molar-refractivity contribution in [1.82, 2.24) is 15.2 Å². The number of benzene rings is 1. The van der Waals surface area contributed by atoms with Crippen LogP contribution in [0, 0.1) is 5.92 Å². The lowest BCUT2D eigenvalue weighted by Crippen LogP contribution is -2.42. The lowest BCUT2D eigenvalue weighted by Gasteiger charge is -2.36. The van der Waals surface area contributed by atoms with Gasteiger partial charge < -0.3 is 14.8 Å². The molecular weight excluding hydrogens is 392 g/mol. The van der Waals surface area contributed by atoms with Gasteiger partial charge in [-0.05, 0) is 61.7 Å². The second-order valence-electron chi connectivity index (χ2n) is 7.34. The number of hydrogen-bond donors (Lipinski definition) is 1. The summed E-state index contributed by atoms with van der Waals surface area (Å²) in [4.78, 5) is 18.3. The summed E-state index contributed by atoms with van der Waals surface area (Å²) in [6, 6.07) is 10.7. The van der Waals surface area contributed by atoms with Gasteiger partial charge in [-0.1, -0.05) is 12.1 Å². The van der Waals surface area contributed by atoms with Crippen LogP contribution in [0.5, 0.6) is 11.5 Å². The smallest absolute Gasteiger partial charge is 0.315 e. The number of aromatic nitrogens is 1. The highest BCUT2D eigenvalue weighted by molar-refractivity contribution is 5.79. The van der Waals surface area contributed by atoms with Gasteiger partial charge in [0.2, 0.25) is 0 Å². The lowest BCUT2D eigenvalue weighted by atomic mass is 9.87. The van der Waals surface area contributed by atoms with E-state index in [0.29, 0.717) is 17.2 Å². The van der Waals surface area contributed by atoms with Gasteiger partial charge in [-0.25, -0.2) is 0 Å². The van der Waals surface area contributed by atoms with Gasteiger partial charge in [-0.15, -0.1) is 0 Å². The maximum absolute atomic E-state index is 12.8. The lowest BCUT2D eigenvalue weighted by molar-refractivity contribution is -0.133. The van der Waals surface area contributed by atoms with Crippen LogP contribution in [-0.4, -0.2) is 49.5 Å². The molecule has 30 heavy (non-hydrogen) atoms. The van der Waals surface area contributed by atoms with E-state index in [0.717, 1.165) is 38.0 Å². The Morgan fingerprint density at radius 3 is 2.50 bits per heavy atom. The Morgan fingerprint density at radius 2 is 1.90 bits per heavy atom. The van der Waals surface area contributed by atoms with Crippen LogP contribution in [-0.2, 0) is 11.3 Å². The number of piperidine rings is 1. The number of nitrogens with zero attached hydrogens (tertiary/aromatic N) is 2. The molecule has 2 aromatic rings. The van der Waals surface area contributed by atoms with Crippen molar-refractivity contribution in [2.75, 3.05) is 27.3 Å². The van der Waals surface area contributed by atoms with E-state index in [1.807, 2.05) is 18.2 Å².